The van der Waals surface area contributed by atoms with E-state index in [4.69, 9.17) is 5.73 Å². The van der Waals surface area contributed by atoms with Crippen molar-refractivity contribution in [3.63, 3.8) is 0 Å². The number of hydrogen-bond acceptors (Lipinski definition) is 2. The van der Waals surface area contributed by atoms with Gasteiger partial charge in [-0.3, -0.25) is 5.10 Å². The molecular formula is C12H14BrN3. The number of aromatic amines is 1. The van der Waals surface area contributed by atoms with E-state index >= 15 is 0 Å². The zero-order valence-electron chi connectivity index (χ0n) is 8.96. The second-order valence-corrected chi connectivity index (χ2v) is 5.43. The fourth-order valence-corrected chi connectivity index (χ4v) is 2.99. The Morgan fingerprint density at radius 1 is 1.31 bits per heavy atom. The maximum Gasteiger partial charge on any atom is 0.108 e. The Bertz CT molecular complexity index is 526. The average molecular weight is 280 g/mol. The first-order valence-electron chi connectivity index (χ1n) is 5.62. The van der Waals surface area contributed by atoms with Gasteiger partial charge in [0.1, 0.15) is 4.60 Å². The quantitative estimate of drug-likeness (QED) is 0.843. The predicted octanol–water partition coefficient (Wildman–Crippen LogP) is 3.05. The van der Waals surface area contributed by atoms with Gasteiger partial charge in [0.05, 0.1) is 5.52 Å². The third kappa shape index (κ3) is 1.48. The van der Waals surface area contributed by atoms with Gasteiger partial charge in [-0.05, 0) is 46.5 Å². The number of hydrogen-bond donors (Lipinski definition) is 2. The monoisotopic (exact) mass is 279 g/mol. The zero-order valence-corrected chi connectivity index (χ0v) is 10.5. The van der Waals surface area contributed by atoms with Gasteiger partial charge in [0.25, 0.3) is 0 Å². The normalized spacial score (nSPS) is 19.4. The highest BCUT2D eigenvalue weighted by molar-refractivity contribution is 9.10. The van der Waals surface area contributed by atoms with Gasteiger partial charge in [0, 0.05) is 10.9 Å². The van der Waals surface area contributed by atoms with E-state index in [1.165, 1.54) is 18.4 Å². The first-order chi connectivity index (χ1) is 7.69. The summed E-state index contributed by atoms with van der Waals surface area (Å²) in [5.74, 6) is 0. The predicted molar refractivity (Wildman–Crippen MR) is 68.1 cm³/mol. The minimum Gasteiger partial charge on any atom is -0.321 e. The van der Waals surface area contributed by atoms with Crippen molar-refractivity contribution >= 4 is 26.8 Å². The molecule has 1 saturated carbocycles. The largest absolute Gasteiger partial charge is 0.321 e. The zero-order chi connectivity index (χ0) is 11.2. The summed E-state index contributed by atoms with van der Waals surface area (Å²) in [6, 6.07) is 6.31. The molecule has 1 aliphatic rings. The maximum atomic E-state index is 6.44. The molecule has 1 heterocycles. The van der Waals surface area contributed by atoms with Gasteiger partial charge in [-0.1, -0.05) is 18.9 Å². The Labute approximate surface area is 103 Å². The highest BCUT2D eigenvalue weighted by Crippen LogP contribution is 2.37. The molecule has 0 aliphatic heterocycles. The lowest BCUT2D eigenvalue weighted by Gasteiger charge is -2.24. The molecule has 0 saturated heterocycles. The molecule has 16 heavy (non-hydrogen) atoms. The molecule has 3 rings (SSSR count). The van der Waals surface area contributed by atoms with Crippen molar-refractivity contribution in [2.75, 3.05) is 0 Å². The summed E-state index contributed by atoms with van der Waals surface area (Å²) in [4.78, 5) is 0. The SMILES string of the molecule is NC1(c2ccc3n[nH]c(Br)c3c2)CCCC1. The molecule has 1 aliphatic carbocycles. The Balaban J connectivity index is 2.13. The number of nitrogens with two attached hydrogens (primary N) is 1. The molecule has 1 aromatic carbocycles. The molecule has 1 fully saturated rings. The molecule has 0 radical (unpaired) electrons. The molecule has 3 nitrogen and oxygen atoms in total. The summed E-state index contributed by atoms with van der Waals surface area (Å²) in [6.07, 6.45) is 4.66. The number of benzene rings is 1. The Hall–Kier alpha value is -0.870. The van der Waals surface area contributed by atoms with Crippen molar-refractivity contribution in [3.05, 3.63) is 28.4 Å². The summed E-state index contributed by atoms with van der Waals surface area (Å²) in [6.45, 7) is 0. The maximum absolute atomic E-state index is 6.44. The lowest BCUT2D eigenvalue weighted by atomic mass is 9.89. The van der Waals surface area contributed by atoms with Gasteiger partial charge in [0.15, 0.2) is 0 Å². The first-order valence-corrected chi connectivity index (χ1v) is 6.41. The van der Waals surface area contributed by atoms with Gasteiger partial charge in [0.2, 0.25) is 0 Å². The van der Waals surface area contributed by atoms with Crippen LogP contribution in [0.25, 0.3) is 10.9 Å². The fraction of sp³-hybridized carbons (Fsp3) is 0.417. The minimum absolute atomic E-state index is 0.120. The molecule has 0 amide bonds. The number of aromatic nitrogens is 2. The van der Waals surface area contributed by atoms with E-state index in [1.807, 2.05) is 6.07 Å². The van der Waals surface area contributed by atoms with Crippen LogP contribution >= 0.6 is 15.9 Å². The van der Waals surface area contributed by atoms with Crippen LogP contribution in [0.5, 0.6) is 0 Å². The van der Waals surface area contributed by atoms with Crippen molar-refractivity contribution in [2.24, 2.45) is 5.73 Å². The van der Waals surface area contributed by atoms with Crippen LogP contribution in [0.15, 0.2) is 22.8 Å². The number of halogens is 1. The van der Waals surface area contributed by atoms with Crippen LogP contribution in [0, 0.1) is 0 Å². The lowest BCUT2D eigenvalue weighted by Crippen LogP contribution is -2.32. The molecular weight excluding hydrogens is 266 g/mol. The van der Waals surface area contributed by atoms with Crippen LogP contribution in [0.4, 0.5) is 0 Å². The van der Waals surface area contributed by atoms with E-state index in [2.05, 4.69) is 38.3 Å². The van der Waals surface area contributed by atoms with Crippen LogP contribution in [0.1, 0.15) is 31.2 Å². The molecule has 0 unspecified atom stereocenters. The van der Waals surface area contributed by atoms with Crippen LogP contribution < -0.4 is 5.73 Å². The second kappa shape index (κ2) is 3.57. The van der Waals surface area contributed by atoms with Crippen molar-refractivity contribution in [1.82, 2.24) is 10.2 Å². The highest BCUT2D eigenvalue weighted by atomic mass is 79.9. The van der Waals surface area contributed by atoms with E-state index < -0.39 is 0 Å². The fourth-order valence-electron chi connectivity index (χ4n) is 2.58. The lowest BCUT2D eigenvalue weighted by molar-refractivity contribution is 0.462. The molecule has 3 N–H and O–H groups in total. The van der Waals surface area contributed by atoms with Crippen LogP contribution in [-0.2, 0) is 5.54 Å². The molecule has 2 aromatic rings. The first kappa shape index (κ1) is 10.3. The van der Waals surface area contributed by atoms with Crippen LogP contribution in [-0.4, -0.2) is 10.2 Å². The van der Waals surface area contributed by atoms with Gasteiger partial charge in [-0.25, -0.2) is 0 Å². The van der Waals surface area contributed by atoms with Crippen LogP contribution in [0.2, 0.25) is 0 Å². The number of nitrogens with one attached hydrogen (secondary N) is 1. The summed E-state index contributed by atoms with van der Waals surface area (Å²) in [5, 5.41) is 8.25. The summed E-state index contributed by atoms with van der Waals surface area (Å²) in [7, 11) is 0. The van der Waals surface area contributed by atoms with Gasteiger partial charge in [-0.2, -0.15) is 5.10 Å². The van der Waals surface area contributed by atoms with Crippen molar-refractivity contribution in [2.45, 2.75) is 31.2 Å². The second-order valence-electron chi connectivity index (χ2n) is 4.63. The molecule has 0 atom stereocenters. The Kier molecular flexibility index (Phi) is 2.30. The molecule has 84 valence electrons. The third-order valence-corrected chi connectivity index (χ3v) is 4.18. The van der Waals surface area contributed by atoms with Crippen molar-refractivity contribution < 1.29 is 0 Å². The van der Waals surface area contributed by atoms with E-state index in [-0.39, 0.29) is 5.54 Å². The van der Waals surface area contributed by atoms with Crippen molar-refractivity contribution in [1.29, 1.82) is 0 Å². The molecule has 0 bridgehead atoms. The topological polar surface area (TPSA) is 54.7 Å². The number of rotatable bonds is 1. The molecule has 1 aromatic heterocycles. The number of nitrogens with zero attached hydrogens (tertiary/aromatic N) is 1. The van der Waals surface area contributed by atoms with E-state index in [9.17, 15) is 0 Å². The van der Waals surface area contributed by atoms with E-state index in [1.54, 1.807) is 0 Å². The highest BCUT2D eigenvalue weighted by Gasteiger charge is 2.31. The van der Waals surface area contributed by atoms with Crippen molar-refractivity contribution in [3.8, 4) is 0 Å². The molecule has 0 spiro atoms. The number of fused-ring (bicyclic) bond motifs is 1. The van der Waals surface area contributed by atoms with E-state index in [0.29, 0.717) is 0 Å². The van der Waals surface area contributed by atoms with Gasteiger partial charge < -0.3 is 5.73 Å². The standard InChI is InChI=1S/C12H14BrN3/c13-11-9-7-8(3-4-10(9)15-16-11)12(14)5-1-2-6-12/h3-4,7H,1-2,5-6,14H2,(H,15,16). The molecule has 4 heteroatoms. The third-order valence-electron chi connectivity index (χ3n) is 3.58. The summed E-state index contributed by atoms with van der Waals surface area (Å²) >= 11 is 3.47. The Morgan fingerprint density at radius 2 is 2.06 bits per heavy atom. The van der Waals surface area contributed by atoms with Gasteiger partial charge in [-0.15, -0.1) is 0 Å². The summed E-state index contributed by atoms with van der Waals surface area (Å²) < 4.78 is 0.936. The van der Waals surface area contributed by atoms with Gasteiger partial charge >= 0.3 is 0 Å². The average Bonchev–Trinajstić information content (AvgIpc) is 2.87. The number of H-pyrrole nitrogens is 1. The van der Waals surface area contributed by atoms with E-state index in [0.717, 1.165) is 28.3 Å². The summed E-state index contributed by atoms with van der Waals surface area (Å²) in [5.41, 5.74) is 8.54. The Morgan fingerprint density at radius 3 is 2.81 bits per heavy atom. The van der Waals surface area contributed by atoms with Crippen LogP contribution in [0.3, 0.4) is 0 Å². The smallest absolute Gasteiger partial charge is 0.108 e. The minimum atomic E-state index is -0.120.